The minimum absolute atomic E-state index is 0.202. The van der Waals surface area contributed by atoms with Crippen molar-refractivity contribution >= 4 is 23.1 Å². The van der Waals surface area contributed by atoms with Crippen molar-refractivity contribution in [2.45, 2.75) is 45.6 Å². The largest absolute Gasteiger partial charge is 0.354 e. The van der Waals surface area contributed by atoms with Crippen LogP contribution < -0.4 is 10.2 Å². The van der Waals surface area contributed by atoms with Gasteiger partial charge in [-0.05, 0) is 51.7 Å². The molecule has 1 saturated heterocycles. The Morgan fingerprint density at radius 2 is 2.34 bits per heavy atom. The number of aliphatic imine (C=N–C) groups is 1. The summed E-state index contributed by atoms with van der Waals surface area (Å²) >= 11 is 0. The van der Waals surface area contributed by atoms with Crippen molar-refractivity contribution in [1.82, 2.24) is 19.9 Å². The van der Waals surface area contributed by atoms with Crippen molar-refractivity contribution in [2.75, 3.05) is 18.0 Å². The summed E-state index contributed by atoms with van der Waals surface area (Å²) in [5.41, 5.74) is 1.81. The van der Waals surface area contributed by atoms with Gasteiger partial charge >= 0.3 is 0 Å². The van der Waals surface area contributed by atoms with Crippen LogP contribution in [0.15, 0.2) is 48.1 Å². The molecule has 0 aliphatic carbocycles. The lowest BCUT2D eigenvalue weighted by Gasteiger charge is -2.22. The molecular formula is C21H27FN6O. The topological polar surface area (TPSA) is 74.9 Å². The van der Waals surface area contributed by atoms with Crippen LogP contribution >= 0.6 is 0 Å². The molecule has 29 heavy (non-hydrogen) atoms. The molecule has 1 atom stereocenters. The summed E-state index contributed by atoms with van der Waals surface area (Å²) in [7, 11) is 0. The van der Waals surface area contributed by atoms with Crippen molar-refractivity contribution in [3.05, 3.63) is 48.7 Å². The normalized spacial score (nSPS) is 17.8. The van der Waals surface area contributed by atoms with E-state index in [9.17, 15) is 9.18 Å². The Morgan fingerprint density at radius 1 is 1.52 bits per heavy atom. The van der Waals surface area contributed by atoms with Gasteiger partial charge in [0.05, 0.1) is 12.4 Å². The molecule has 1 amide bonds. The van der Waals surface area contributed by atoms with E-state index < -0.39 is 5.83 Å². The zero-order chi connectivity index (χ0) is 20.8. The maximum Gasteiger partial charge on any atom is 0.256 e. The first-order valence-corrected chi connectivity index (χ1v) is 9.90. The molecule has 1 fully saturated rings. The summed E-state index contributed by atoms with van der Waals surface area (Å²) in [5.74, 6) is 0.205. The van der Waals surface area contributed by atoms with Gasteiger partial charge in [-0.25, -0.2) is 13.9 Å². The molecule has 0 radical (unpaired) electrons. The maximum absolute atomic E-state index is 13.0. The Labute approximate surface area is 170 Å². The molecule has 0 spiro atoms. The predicted octanol–water partition coefficient (Wildman–Crippen LogP) is 3.69. The Hall–Kier alpha value is -3.03. The number of hydrogen-bond acceptors (Lipinski definition) is 5. The maximum atomic E-state index is 13.0. The summed E-state index contributed by atoms with van der Waals surface area (Å²) in [4.78, 5) is 23.6. The highest BCUT2D eigenvalue weighted by atomic mass is 19.1. The van der Waals surface area contributed by atoms with Gasteiger partial charge in [-0.2, -0.15) is 5.10 Å². The third kappa shape index (κ3) is 5.07. The van der Waals surface area contributed by atoms with Crippen LogP contribution in [-0.4, -0.2) is 45.3 Å². The summed E-state index contributed by atoms with van der Waals surface area (Å²) < 4.78 is 14.6. The molecule has 1 aliphatic heterocycles. The van der Waals surface area contributed by atoms with Crippen LogP contribution in [0.5, 0.6) is 0 Å². The average molecular weight is 398 g/mol. The predicted molar refractivity (Wildman–Crippen MR) is 113 cm³/mol. The van der Waals surface area contributed by atoms with Gasteiger partial charge in [0.25, 0.3) is 5.91 Å². The number of hydrogen-bond donors (Lipinski definition) is 1. The number of anilines is 1. The fourth-order valence-corrected chi connectivity index (χ4v) is 3.38. The third-order valence-electron chi connectivity index (χ3n) is 5.05. The van der Waals surface area contributed by atoms with Crippen molar-refractivity contribution in [2.24, 2.45) is 4.99 Å². The van der Waals surface area contributed by atoms with Gasteiger partial charge in [0.1, 0.15) is 17.2 Å². The molecule has 1 unspecified atom stereocenters. The molecular weight excluding hydrogens is 371 g/mol. The Bertz CT molecular complexity index is 948. The third-order valence-corrected chi connectivity index (χ3v) is 5.05. The Morgan fingerprint density at radius 3 is 3.07 bits per heavy atom. The van der Waals surface area contributed by atoms with Crippen LogP contribution in [-0.2, 0) is 0 Å². The lowest BCUT2D eigenvalue weighted by atomic mass is 10.2. The number of aromatic nitrogens is 3. The molecule has 2 aromatic heterocycles. The van der Waals surface area contributed by atoms with Crippen molar-refractivity contribution in [3.63, 3.8) is 0 Å². The van der Waals surface area contributed by atoms with E-state index in [1.54, 1.807) is 10.7 Å². The minimum atomic E-state index is -0.471. The molecule has 1 N–H and O–H groups in total. The van der Waals surface area contributed by atoms with Gasteiger partial charge in [-0.1, -0.05) is 6.58 Å². The van der Waals surface area contributed by atoms with Gasteiger partial charge in [-0.3, -0.25) is 9.79 Å². The van der Waals surface area contributed by atoms with Gasteiger partial charge in [0, 0.05) is 31.0 Å². The van der Waals surface area contributed by atoms with Crippen LogP contribution in [0.3, 0.4) is 0 Å². The summed E-state index contributed by atoms with van der Waals surface area (Å²) in [6.45, 7) is 8.82. The number of carbonyl (C=O) groups excluding carboxylic acids is 1. The van der Waals surface area contributed by atoms with Crippen molar-refractivity contribution in [1.29, 1.82) is 0 Å². The first kappa shape index (κ1) is 20.7. The van der Waals surface area contributed by atoms with E-state index in [4.69, 9.17) is 4.98 Å². The van der Waals surface area contributed by atoms with Crippen LogP contribution in [0.2, 0.25) is 0 Å². The van der Waals surface area contributed by atoms with Gasteiger partial charge < -0.3 is 10.2 Å². The van der Waals surface area contributed by atoms with Crippen LogP contribution in [0.25, 0.3) is 5.65 Å². The lowest BCUT2D eigenvalue weighted by molar-refractivity contribution is 0.0955. The number of nitrogens with zero attached hydrogens (tertiary/aromatic N) is 5. The monoisotopic (exact) mass is 398 g/mol. The smallest absolute Gasteiger partial charge is 0.256 e. The summed E-state index contributed by atoms with van der Waals surface area (Å²) in [5, 5.41) is 7.14. The molecule has 0 saturated carbocycles. The molecule has 3 heterocycles. The number of fused-ring (bicyclic) bond motifs is 1. The summed E-state index contributed by atoms with van der Waals surface area (Å²) in [6.07, 6.45) is 9.30. The SMILES string of the molecule is C=C/C(F)=C\N=C(C)CCCNC(=O)c1cnn2ccc(N3CCCC3C)nc12. The first-order valence-electron chi connectivity index (χ1n) is 9.90. The number of nitrogens with one attached hydrogen (secondary N) is 1. The minimum Gasteiger partial charge on any atom is -0.354 e. The van der Waals surface area contributed by atoms with E-state index in [1.807, 2.05) is 19.2 Å². The summed E-state index contributed by atoms with van der Waals surface area (Å²) in [6, 6.07) is 2.39. The van der Waals surface area contributed by atoms with E-state index in [0.29, 0.717) is 36.6 Å². The van der Waals surface area contributed by atoms with Crippen LogP contribution in [0.4, 0.5) is 10.2 Å². The zero-order valence-corrected chi connectivity index (χ0v) is 16.9. The quantitative estimate of drug-likeness (QED) is 0.418. The van der Waals surface area contributed by atoms with E-state index in [-0.39, 0.29) is 5.91 Å². The van der Waals surface area contributed by atoms with E-state index >= 15 is 0 Å². The Balaban J connectivity index is 1.60. The molecule has 8 heteroatoms. The first-order chi connectivity index (χ1) is 14.0. The average Bonchev–Trinajstić information content (AvgIpc) is 3.34. The van der Waals surface area contributed by atoms with Gasteiger partial charge in [0.2, 0.25) is 0 Å². The molecule has 3 rings (SSSR count). The molecule has 1 aliphatic rings. The number of amides is 1. The lowest BCUT2D eigenvalue weighted by Crippen LogP contribution is -2.27. The van der Waals surface area contributed by atoms with Gasteiger partial charge in [-0.15, -0.1) is 0 Å². The Kier molecular flexibility index (Phi) is 6.74. The highest BCUT2D eigenvalue weighted by Crippen LogP contribution is 2.24. The number of rotatable bonds is 8. The van der Waals surface area contributed by atoms with E-state index in [1.165, 1.54) is 0 Å². The molecule has 7 nitrogen and oxygen atoms in total. The fraction of sp³-hybridized carbons (Fsp3) is 0.429. The molecule has 154 valence electrons. The van der Waals surface area contributed by atoms with Gasteiger partial charge in [0.15, 0.2) is 5.65 Å². The fourth-order valence-electron chi connectivity index (χ4n) is 3.38. The van der Waals surface area contributed by atoms with E-state index in [0.717, 1.165) is 43.2 Å². The second kappa shape index (κ2) is 9.45. The van der Waals surface area contributed by atoms with Crippen LogP contribution in [0, 0.1) is 0 Å². The van der Waals surface area contributed by atoms with Crippen molar-refractivity contribution < 1.29 is 9.18 Å². The molecule has 0 aromatic carbocycles. The number of allylic oxidation sites excluding steroid dienone is 2. The standard InChI is InChI=1S/C21H27FN6O/c1-4-17(22)13-24-15(2)7-5-10-23-21(29)18-14-25-28-12-9-19(26-20(18)28)27-11-6-8-16(27)3/h4,9,12-14,16H,1,5-8,10-11H2,2-3H3,(H,23,29)/b17-13+,24-15?. The van der Waals surface area contributed by atoms with Crippen molar-refractivity contribution in [3.8, 4) is 0 Å². The number of halogens is 1. The number of carbonyl (C=O) groups is 1. The highest BCUT2D eigenvalue weighted by molar-refractivity contribution is 5.99. The van der Waals surface area contributed by atoms with Crippen LogP contribution in [0.1, 0.15) is 49.9 Å². The molecule has 2 aromatic rings. The second-order valence-electron chi connectivity index (χ2n) is 7.24. The van der Waals surface area contributed by atoms with E-state index in [2.05, 4.69) is 33.8 Å². The second-order valence-corrected chi connectivity index (χ2v) is 7.24. The highest BCUT2D eigenvalue weighted by Gasteiger charge is 2.23. The molecule has 0 bridgehead atoms. The zero-order valence-electron chi connectivity index (χ0n) is 16.9.